The van der Waals surface area contributed by atoms with Gasteiger partial charge in [-0.1, -0.05) is 0 Å². The van der Waals surface area contributed by atoms with Crippen LogP contribution in [-0.4, -0.2) is 18.4 Å². The standard InChI is InChI=1S/C14H23OP/c1-3-16(4-2,15-13-9-8-10-13)14-11-6-5-7-12-14/h5-7,11-13,16H,3-4,8-10H2,1-2H3. The molecule has 0 unspecified atom stereocenters. The molecule has 1 nitrogen and oxygen atoms in total. The van der Waals surface area contributed by atoms with E-state index in [2.05, 4.69) is 44.2 Å². The molecule has 1 fully saturated rings. The summed E-state index contributed by atoms with van der Waals surface area (Å²) in [4.78, 5) is 0. The molecule has 0 N–H and O–H groups in total. The Hall–Kier alpha value is -0.390. The Labute approximate surface area is 99.6 Å². The molecule has 1 aromatic carbocycles. The maximum atomic E-state index is 6.50. The second kappa shape index (κ2) is 5.29. The fraction of sp³-hybridized carbons (Fsp3) is 0.571. The summed E-state index contributed by atoms with van der Waals surface area (Å²) in [5.41, 5.74) is 0. The summed E-state index contributed by atoms with van der Waals surface area (Å²) in [7, 11) is -1.65. The van der Waals surface area contributed by atoms with Gasteiger partial charge in [0, 0.05) is 0 Å². The first-order valence-corrected chi connectivity index (χ1v) is 8.86. The molecule has 90 valence electrons. The molecule has 0 atom stereocenters. The van der Waals surface area contributed by atoms with Gasteiger partial charge in [0.25, 0.3) is 0 Å². The van der Waals surface area contributed by atoms with Gasteiger partial charge in [-0.05, 0) is 0 Å². The third-order valence-corrected chi connectivity index (χ3v) is 8.34. The maximum absolute atomic E-state index is 6.50. The van der Waals surface area contributed by atoms with Crippen molar-refractivity contribution in [3.8, 4) is 0 Å². The summed E-state index contributed by atoms with van der Waals surface area (Å²) in [6, 6.07) is 10.9. The van der Waals surface area contributed by atoms with Gasteiger partial charge in [0.2, 0.25) is 0 Å². The molecule has 2 heteroatoms. The molecule has 1 aliphatic rings. The Bertz CT molecular complexity index is 315. The third-order valence-electron chi connectivity index (χ3n) is 3.89. The van der Waals surface area contributed by atoms with Crippen LogP contribution in [-0.2, 0) is 4.52 Å². The van der Waals surface area contributed by atoms with Crippen LogP contribution in [0.3, 0.4) is 0 Å². The molecule has 0 saturated heterocycles. The number of hydrogen-bond donors (Lipinski definition) is 0. The Morgan fingerprint density at radius 2 is 1.75 bits per heavy atom. The molecular formula is C14H23OP. The molecule has 2 rings (SSSR count). The van der Waals surface area contributed by atoms with E-state index < -0.39 is 7.49 Å². The molecule has 1 aromatic rings. The fourth-order valence-corrected chi connectivity index (χ4v) is 5.90. The molecule has 0 aromatic heterocycles. The first-order chi connectivity index (χ1) is 7.80. The van der Waals surface area contributed by atoms with Crippen molar-refractivity contribution in [3.63, 3.8) is 0 Å². The monoisotopic (exact) mass is 238 g/mol. The van der Waals surface area contributed by atoms with Crippen molar-refractivity contribution >= 4 is 12.8 Å². The molecule has 1 saturated carbocycles. The predicted molar refractivity (Wildman–Crippen MR) is 74.2 cm³/mol. The zero-order valence-corrected chi connectivity index (χ0v) is 11.4. The van der Waals surface area contributed by atoms with Crippen molar-refractivity contribution in [1.82, 2.24) is 0 Å². The Morgan fingerprint density at radius 3 is 2.19 bits per heavy atom. The summed E-state index contributed by atoms with van der Waals surface area (Å²) in [6.07, 6.45) is 6.88. The van der Waals surface area contributed by atoms with Gasteiger partial charge in [-0.2, -0.15) is 0 Å². The van der Waals surface area contributed by atoms with Crippen LogP contribution in [0.15, 0.2) is 30.3 Å². The summed E-state index contributed by atoms with van der Waals surface area (Å²) in [5, 5.41) is 1.48. The van der Waals surface area contributed by atoms with Crippen molar-refractivity contribution < 1.29 is 4.52 Å². The van der Waals surface area contributed by atoms with Crippen molar-refractivity contribution in [2.45, 2.75) is 39.2 Å². The van der Waals surface area contributed by atoms with Gasteiger partial charge >= 0.3 is 99.2 Å². The van der Waals surface area contributed by atoms with Crippen molar-refractivity contribution in [2.75, 3.05) is 12.3 Å². The summed E-state index contributed by atoms with van der Waals surface area (Å²) in [5.74, 6) is 0. The van der Waals surface area contributed by atoms with E-state index in [9.17, 15) is 0 Å². The first-order valence-electron chi connectivity index (χ1n) is 6.54. The molecule has 0 bridgehead atoms. The number of hydrogen-bond acceptors (Lipinski definition) is 1. The molecular weight excluding hydrogens is 215 g/mol. The van der Waals surface area contributed by atoms with Crippen LogP contribution in [0.4, 0.5) is 0 Å². The van der Waals surface area contributed by atoms with E-state index in [1.165, 1.54) is 36.9 Å². The minimum atomic E-state index is -1.65. The summed E-state index contributed by atoms with van der Waals surface area (Å²) >= 11 is 0. The van der Waals surface area contributed by atoms with Gasteiger partial charge in [-0.3, -0.25) is 0 Å². The Balaban J connectivity index is 2.19. The third kappa shape index (κ3) is 2.31. The summed E-state index contributed by atoms with van der Waals surface area (Å²) < 4.78 is 6.50. The van der Waals surface area contributed by atoms with Crippen LogP contribution in [0.5, 0.6) is 0 Å². The second-order valence-corrected chi connectivity index (χ2v) is 8.95. The van der Waals surface area contributed by atoms with E-state index in [0.29, 0.717) is 6.10 Å². The number of benzene rings is 1. The molecule has 0 radical (unpaired) electrons. The van der Waals surface area contributed by atoms with Crippen LogP contribution in [0.1, 0.15) is 33.1 Å². The van der Waals surface area contributed by atoms with E-state index in [1.807, 2.05) is 0 Å². The van der Waals surface area contributed by atoms with E-state index in [4.69, 9.17) is 4.52 Å². The van der Waals surface area contributed by atoms with Crippen molar-refractivity contribution in [2.24, 2.45) is 0 Å². The van der Waals surface area contributed by atoms with Crippen LogP contribution < -0.4 is 5.30 Å². The van der Waals surface area contributed by atoms with Crippen LogP contribution >= 0.6 is 7.49 Å². The molecule has 0 aliphatic heterocycles. The van der Waals surface area contributed by atoms with Gasteiger partial charge in [0.1, 0.15) is 0 Å². The molecule has 16 heavy (non-hydrogen) atoms. The molecule has 1 aliphatic carbocycles. The normalized spacial score (nSPS) is 18.1. The fourth-order valence-electron chi connectivity index (χ4n) is 2.44. The molecule has 0 heterocycles. The van der Waals surface area contributed by atoms with Crippen LogP contribution in [0.25, 0.3) is 0 Å². The van der Waals surface area contributed by atoms with Gasteiger partial charge < -0.3 is 0 Å². The van der Waals surface area contributed by atoms with Crippen molar-refractivity contribution in [1.29, 1.82) is 0 Å². The van der Waals surface area contributed by atoms with Crippen molar-refractivity contribution in [3.05, 3.63) is 30.3 Å². The minimum absolute atomic E-state index is 0.562. The van der Waals surface area contributed by atoms with E-state index in [-0.39, 0.29) is 0 Å². The Morgan fingerprint density at radius 1 is 1.12 bits per heavy atom. The summed E-state index contributed by atoms with van der Waals surface area (Å²) in [6.45, 7) is 4.59. The second-order valence-electron chi connectivity index (χ2n) is 4.74. The van der Waals surface area contributed by atoms with Gasteiger partial charge in [0.05, 0.1) is 0 Å². The zero-order valence-electron chi connectivity index (χ0n) is 10.4. The molecule has 0 amide bonds. The number of rotatable bonds is 5. The average molecular weight is 238 g/mol. The molecule has 0 spiro atoms. The van der Waals surface area contributed by atoms with Gasteiger partial charge in [-0.25, -0.2) is 0 Å². The quantitative estimate of drug-likeness (QED) is 0.712. The topological polar surface area (TPSA) is 9.23 Å². The van der Waals surface area contributed by atoms with Crippen LogP contribution in [0, 0.1) is 0 Å². The average Bonchev–Trinajstić information content (AvgIpc) is 2.30. The van der Waals surface area contributed by atoms with Gasteiger partial charge in [-0.15, -0.1) is 0 Å². The van der Waals surface area contributed by atoms with Gasteiger partial charge in [0.15, 0.2) is 0 Å². The Kier molecular flexibility index (Phi) is 4.00. The van der Waals surface area contributed by atoms with E-state index in [0.717, 1.165) is 0 Å². The zero-order chi connectivity index (χ0) is 11.4. The van der Waals surface area contributed by atoms with E-state index in [1.54, 1.807) is 0 Å². The predicted octanol–water partition coefficient (Wildman–Crippen LogP) is 3.59. The van der Waals surface area contributed by atoms with E-state index >= 15 is 0 Å². The first kappa shape index (κ1) is 12.1. The van der Waals surface area contributed by atoms with Crippen LogP contribution in [0.2, 0.25) is 0 Å². The SMILES string of the molecule is CC[PH](CC)(OC1CCC1)c1ccccc1.